The van der Waals surface area contributed by atoms with Crippen molar-refractivity contribution in [2.24, 2.45) is 0 Å². The largest absolute Gasteiger partial charge is 0.310 e. The predicted octanol–water partition coefficient (Wildman–Crippen LogP) is 12.5. The van der Waals surface area contributed by atoms with Gasteiger partial charge in [0.2, 0.25) is 0 Å². The molecule has 7 aromatic carbocycles. The minimum absolute atomic E-state index is 0.0907. The number of aromatic nitrogens is 2. The molecule has 1 aliphatic rings. The highest BCUT2D eigenvalue weighted by Crippen LogP contribution is 2.51. The fourth-order valence-electron chi connectivity index (χ4n) is 8.41. The van der Waals surface area contributed by atoms with Crippen LogP contribution < -0.4 is 4.90 Å². The number of benzene rings is 7. The van der Waals surface area contributed by atoms with Gasteiger partial charge in [0.05, 0.1) is 11.0 Å². The van der Waals surface area contributed by atoms with Gasteiger partial charge in [0.1, 0.15) is 5.65 Å². The minimum atomic E-state index is -0.0907. The van der Waals surface area contributed by atoms with Gasteiger partial charge in [0.15, 0.2) is 0 Å². The lowest BCUT2D eigenvalue weighted by Crippen LogP contribution is -2.16. The van der Waals surface area contributed by atoms with E-state index in [9.17, 15) is 0 Å². The van der Waals surface area contributed by atoms with Gasteiger partial charge in [-0.25, -0.2) is 0 Å². The van der Waals surface area contributed by atoms with Gasteiger partial charge in [-0.05, 0) is 95.1 Å². The fourth-order valence-corrected chi connectivity index (χ4v) is 8.41. The maximum Gasteiger partial charge on any atom is 0.131 e. The Hall–Kier alpha value is -6.32. The van der Waals surface area contributed by atoms with Crippen LogP contribution in [0.3, 0.4) is 0 Å². The third kappa shape index (κ3) is 4.10. The van der Waals surface area contributed by atoms with E-state index in [0.717, 1.165) is 28.4 Å². The van der Waals surface area contributed by atoms with Crippen molar-refractivity contribution < 1.29 is 0 Å². The van der Waals surface area contributed by atoms with Crippen LogP contribution in [-0.4, -0.2) is 9.13 Å². The first kappa shape index (κ1) is 28.7. The van der Waals surface area contributed by atoms with E-state index in [2.05, 4.69) is 204 Å². The molecular formula is C47H35N3. The Morgan fingerprint density at radius 2 is 0.960 bits per heavy atom. The molecule has 0 bridgehead atoms. The number of para-hydroxylation sites is 4. The quantitative estimate of drug-likeness (QED) is 0.182. The molecule has 0 saturated heterocycles. The highest BCUT2D eigenvalue weighted by atomic mass is 15.2. The van der Waals surface area contributed by atoms with Crippen LogP contribution in [-0.2, 0) is 5.41 Å². The average Bonchev–Trinajstić information content (AvgIpc) is 3.76. The summed E-state index contributed by atoms with van der Waals surface area (Å²) < 4.78 is 4.86. The van der Waals surface area contributed by atoms with Gasteiger partial charge >= 0.3 is 0 Å². The summed E-state index contributed by atoms with van der Waals surface area (Å²) >= 11 is 0. The second-order valence-corrected chi connectivity index (χ2v) is 13.8. The molecule has 238 valence electrons. The first-order valence-corrected chi connectivity index (χ1v) is 17.4. The van der Waals surface area contributed by atoms with E-state index in [1.807, 2.05) is 0 Å². The Morgan fingerprint density at radius 1 is 0.420 bits per heavy atom. The summed E-state index contributed by atoms with van der Waals surface area (Å²) in [6, 6.07) is 64.0. The van der Waals surface area contributed by atoms with Crippen LogP contribution in [0.2, 0.25) is 0 Å². The molecule has 3 nitrogen and oxygen atoms in total. The van der Waals surface area contributed by atoms with Crippen LogP contribution in [0, 0.1) is 0 Å². The van der Waals surface area contributed by atoms with E-state index >= 15 is 0 Å². The number of hydrogen-bond donors (Lipinski definition) is 0. The lowest BCUT2D eigenvalue weighted by molar-refractivity contribution is 0.660. The van der Waals surface area contributed by atoms with Crippen molar-refractivity contribution in [1.82, 2.24) is 9.13 Å². The molecule has 1 aliphatic carbocycles. The summed E-state index contributed by atoms with van der Waals surface area (Å²) in [6.45, 7) is 4.71. The van der Waals surface area contributed by atoms with E-state index in [1.54, 1.807) is 0 Å². The number of rotatable bonds is 5. The summed E-state index contributed by atoms with van der Waals surface area (Å²) in [5.74, 6) is 0. The van der Waals surface area contributed by atoms with Crippen molar-refractivity contribution in [3.05, 3.63) is 187 Å². The number of fused-ring (bicyclic) bond motifs is 8. The van der Waals surface area contributed by atoms with Crippen LogP contribution in [0.5, 0.6) is 0 Å². The molecule has 0 N–H and O–H groups in total. The van der Waals surface area contributed by atoms with Crippen molar-refractivity contribution in [2.75, 3.05) is 4.90 Å². The van der Waals surface area contributed by atoms with Gasteiger partial charge in [0, 0.05) is 50.0 Å². The zero-order valence-corrected chi connectivity index (χ0v) is 28.1. The monoisotopic (exact) mass is 641 g/mol. The lowest BCUT2D eigenvalue weighted by Gasteiger charge is -2.28. The molecule has 0 radical (unpaired) electrons. The summed E-state index contributed by atoms with van der Waals surface area (Å²) in [5, 5.41) is 3.72. The fraction of sp³-hybridized carbons (Fsp3) is 0.0638. The van der Waals surface area contributed by atoms with Crippen molar-refractivity contribution in [3.63, 3.8) is 0 Å². The van der Waals surface area contributed by atoms with Crippen molar-refractivity contribution in [3.8, 4) is 22.5 Å². The Balaban J connectivity index is 1.27. The smallest absolute Gasteiger partial charge is 0.131 e. The van der Waals surface area contributed by atoms with E-state index in [-0.39, 0.29) is 5.41 Å². The SMILES string of the molecule is CC1(C)c2ccccc2-c2ccc(N(c3ccccc3)c3ccc4c(c3)c3c5ccccc5n(-c5ccccc5)c3n4-c3ccccc3)cc21. The molecule has 0 saturated carbocycles. The normalized spacial score (nSPS) is 13.2. The Labute approximate surface area is 291 Å². The first-order chi connectivity index (χ1) is 24.6. The van der Waals surface area contributed by atoms with Crippen molar-refractivity contribution in [2.45, 2.75) is 19.3 Å². The third-order valence-corrected chi connectivity index (χ3v) is 10.7. The molecule has 2 heterocycles. The molecule has 10 rings (SSSR count). The molecule has 0 unspecified atom stereocenters. The Morgan fingerprint density at radius 3 is 1.68 bits per heavy atom. The molecule has 0 fully saturated rings. The summed E-state index contributed by atoms with van der Waals surface area (Å²) in [6.07, 6.45) is 0. The third-order valence-electron chi connectivity index (χ3n) is 10.7. The zero-order valence-electron chi connectivity index (χ0n) is 28.1. The molecule has 3 heteroatoms. The van der Waals surface area contributed by atoms with E-state index in [1.165, 1.54) is 55.1 Å². The first-order valence-electron chi connectivity index (χ1n) is 17.4. The van der Waals surface area contributed by atoms with Gasteiger partial charge in [-0.2, -0.15) is 0 Å². The van der Waals surface area contributed by atoms with E-state index in [0.29, 0.717) is 0 Å². The number of nitrogens with zero attached hydrogens (tertiary/aromatic N) is 3. The van der Waals surface area contributed by atoms with Crippen molar-refractivity contribution in [1.29, 1.82) is 0 Å². The van der Waals surface area contributed by atoms with Crippen LogP contribution in [0.25, 0.3) is 55.3 Å². The maximum atomic E-state index is 2.43. The highest BCUT2D eigenvalue weighted by Gasteiger charge is 2.35. The summed E-state index contributed by atoms with van der Waals surface area (Å²) in [5.41, 5.74) is 14.6. The zero-order chi connectivity index (χ0) is 33.4. The van der Waals surface area contributed by atoms with Gasteiger partial charge in [-0.3, -0.25) is 9.13 Å². The predicted molar refractivity (Wildman–Crippen MR) is 210 cm³/mol. The van der Waals surface area contributed by atoms with E-state index < -0.39 is 0 Å². The van der Waals surface area contributed by atoms with Gasteiger partial charge in [-0.15, -0.1) is 0 Å². The van der Waals surface area contributed by atoms with Crippen LogP contribution in [0.4, 0.5) is 17.1 Å². The van der Waals surface area contributed by atoms with E-state index in [4.69, 9.17) is 0 Å². The molecule has 0 aliphatic heterocycles. The molecular weight excluding hydrogens is 607 g/mol. The Bertz CT molecular complexity index is 2720. The number of hydrogen-bond acceptors (Lipinski definition) is 1. The van der Waals surface area contributed by atoms with Crippen LogP contribution in [0.15, 0.2) is 176 Å². The van der Waals surface area contributed by atoms with Gasteiger partial charge < -0.3 is 4.90 Å². The second-order valence-electron chi connectivity index (χ2n) is 13.8. The van der Waals surface area contributed by atoms with Crippen LogP contribution >= 0.6 is 0 Å². The molecule has 0 atom stereocenters. The lowest BCUT2D eigenvalue weighted by atomic mass is 9.82. The molecule has 9 aromatic rings. The highest BCUT2D eigenvalue weighted by molar-refractivity contribution is 6.23. The summed E-state index contributed by atoms with van der Waals surface area (Å²) in [4.78, 5) is 2.42. The standard InChI is InChI=1S/C47H35N3/c1-47(2)41-24-14-12-22-37(41)38-28-26-36(31-42(38)47)48(32-16-6-3-7-17-32)35-27-29-44-40(30-35)45-39-23-13-15-25-43(39)49(33-18-8-4-9-19-33)46(45)50(44)34-20-10-5-11-21-34/h3-31H,1-2H3. The molecule has 0 spiro atoms. The topological polar surface area (TPSA) is 13.1 Å². The van der Waals surface area contributed by atoms with Crippen molar-refractivity contribution >= 4 is 49.9 Å². The maximum absolute atomic E-state index is 2.43. The van der Waals surface area contributed by atoms with Gasteiger partial charge in [-0.1, -0.05) is 117 Å². The average molecular weight is 642 g/mol. The minimum Gasteiger partial charge on any atom is -0.310 e. The summed E-state index contributed by atoms with van der Waals surface area (Å²) in [7, 11) is 0. The second kappa shape index (κ2) is 10.8. The molecule has 0 amide bonds. The van der Waals surface area contributed by atoms with Crippen LogP contribution in [0.1, 0.15) is 25.0 Å². The number of anilines is 3. The van der Waals surface area contributed by atoms with Gasteiger partial charge in [0.25, 0.3) is 0 Å². The molecule has 2 aromatic heterocycles. The molecule has 50 heavy (non-hydrogen) atoms. The Kier molecular flexibility index (Phi) is 6.22.